The van der Waals surface area contributed by atoms with Gasteiger partial charge in [-0.15, -0.1) is 0 Å². The van der Waals surface area contributed by atoms with Crippen LogP contribution in [-0.4, -0.2) is 43.0 Å². The van der Waals surface area contributed by atoms with E-state index in [4.69, 9.17) is 5.73 Å². The quantitative estimate of drug-likeness (QED) is 0.728. The molecule has 4 heteroatoms. The van der Waals surface area contributed by atoms with E-state index >= 15 is 0 Å². The summed E-state index contributed by atoms with van der Waals surface area (Å²) in [5, 5.41) is 3.23. The number of carbonyl (C=O) groups is 1. The third-order valence-corrected chi connectivity index (χ3v) is 3.53. The highest BCUT2D eigenvalue weighted by molar-refractivity contribution is 5.80. The molecule has 1 rings (SSSR count). The minimum atomic E-state index is -0.226. The zero-order valence-corrected chi connectivity index (χ0v) is 11.2. The second-order valence-corrected chi connectivity index (χ2v) is 5.25. The third kappa shape index (κ3) is 5.50. The predicted octanol–water partition coefficient (Wildman–Crippen LogP) is 0.962. The number of likely N-dealkylation sites (tertiary alicyclic amines) is 1. The molecule has 1 aliphatic heterocycles. The first kappa shape index (κ1) is 14.5. The molecule has 1 aliphatic rings. The molecule has 0 bridgehead atoms. The fourth-order valence-electron chi connectivity index (χ4n) is 2.34. The third-order valence-electron chi connectivity index (χ3n) is 3.53. The number of hydrogen-bond acceptors (Lipinski definition) is 3. The lowest BCUT2D eigenvalue weighted by atomic mass is 10.0. The summed E-state index contributed by atoms with van der Waals surface area (Å²) in [6.07, 6.45) is 4.81. The Bertz CT molecular complexity index is 233. The molecule has 2 unspecified atom stereocenters. The first-order valence-electron chi connectivity index (χ1n) is 6.88. The highest BCUT2D eigenvalue weighted by atomic mass is 16.1. The van der Waals surface area contributed by atoms with Gasteiger partial charge in [-0.05, 0) is 51.2 Å². The summed E-state index contributed by atoms with van der Waals surface area (Å²) in [5.74, 6) is 0.589. The average molecular weight is 241 g/mol. The van der Waals surface area contributed by atoms with Crippen molar-refractivity contribution in [1.82, 2.24) is 10.2 Å². The van der Waals surface area contributed by atoms with Crippen LogP contribution in [0.3, 0.4) is 0 Å². The molecule has 4 nitrogen and oxygen atoms in total. The fraction of sp³-hybridized carbons (Fsp3) is 0.923. The Labute approximate surface area is 105 Å². The largest absolute Gasteiger partial charge is 0.368 e. The average Bonchev–Trinajstić information content (AvgIpc) is 2.49. The van der Waals surface area contributed by atoms with E-state index < -0.39 is 0 Å². The predicted molar refractivity (Wildman–Crippen MR) is 70.7 cm³/mol. The van der Waals surface area contributed by atoms with Crippen molar-refractivity contribution in [2.24, 2.45) is 11.7 Å². The standard InChI is InChI=1S/C13H27N3O/c1-3-7-15-12(13(14)17)10-16-8-4-5-11(2)6-9-16/h11-12,15H,3-10H2,1-2H3,(H2,14,17). The second-order valence-electron chi connectivity index (χ2n) is 5.25. The van der Waals surface area contributed by atoms with Gasteiger partial charge in [-0.2, -0.15) is 0 Å². The van der Waals surface area contributed by atoms with Gasteiger partial charge in [-0.1, -0.05) is 13.8 Å². The zero-order valence-electron chi connectivity index (χ0n) is 11.2. The number of nitrogens with zero attached hydrogens (tertiary/aromatic N) is 1. The van der Waals surface area contributed by atoms with E-state index in [9.17, 15) is 4.79 Å². The van der Waals surface area contributed by atoms with Crippen LogP contribution in [0.4, 0.5) is 0 Å². The van der Waals surface area contributed by atoms with E-state index in [2.05, 4.69) is 24.1 Å². The van der Waals surface area contributed by atoms with Crippen molar-refractivity contribution in [1.29, 1.82) is 0 Å². The van der Waals surface area contributed by atoms with Gasteiger partial charge in [0.2, 0.25) is 5.91 Å². The summed E-state index contributed by atoms with van der Waals surface area (Å²) < 4.78 is 0. The van der Waals surface area contributed by atoms with Crippen molar-refractivity contribution in [2.45, 2.75) is 45.6 Å². The summed E-state index contributed by atoms with van der Waals surface area (Å²) in [6.45, 7) is 8.23. The maximum absolute atomic E-state index is 11.4. The van der Waals surface area contributed by atoms with Crippen LogP contribution in [0.25, 0.3) is 0 Å². The Morgan fingerprint density at radius 3 is 2.88 bits per heavy atom. The fourth-order valence-corrected chi connectivity index (χ4v) is 2.34. The monoisotopic (exact) mass is 241 g/mol. The molecule has 1 fully saturated rings. The first-order chi connectivity index (χ1) is 8.13. The van der Waals surface area contributed by atoms with Gasteiger partial charge in [0.15, 0.2) is 0 Å². The van der Waals surface area contributed by atoms with Gasteiger partial charge in [0.1, 0.15) is 0 Å². The summed E-state index contributed by atoms with van der Waals surface area (Å²) in [5.41, 5.74) is 5.43. The molecule has 2 atom stereocenters. The molecule has 0 radical (unpaired) electrons. The van der Waals surface area contributed by atoms with Gasteiger partial charge < -0.3 is 16.0 Å². The number of carbonyl (C=O) groups excluding carboxylic acids is 1. The molecule has 0 aromatic heterocycles. The lowest BCUT2D eigenvalue weighted by Crippen LogP contribution is -2.49. The summed E-state index contributed by atoms with van der Waals surface area (Å²) in [4.78, 5) is 13.7. The van der Waals surface area contributed by atoms with Crippen LogP contribution in [0.5, 0.6) is 0 Å². The number of rotatable bonds is 6. The molecule has 100 valence electrons. The van der Waals surface area contributed by atoms with Crippen molar-refractivity contribution in [3.8, 4) is 0 Å². The van der Waals surface area contributed by atoms with Crippen molar-refractivity contribution in [3.05, 3.63) is 0 Å². The van der Waals surface area contributed by atoms with Crippen LogP contribution in [0.2, 0.25) is 0 Å². The van der Waals surface area contributed by atoms with Crippen molar-refractivity contribution >= 4 is 5.91 Å². The Hall–Kier alpha value is -0.610. The highest BCUT2D eigenvalue weighted by Gasteiger charge is 2.20. The van der Waals surface area contributed by atoms with Crippen molar-refractivity contribution < 1.29 is 4.79 Å². The van der Waals surface area contributed by atoms with Gasteiger partial charge in [0, 0.05) is 6.54 Å². The first-order valence-corrected chi connectivity index (χ1v) is 6.88. The summed E-state index contributed by atoms with van der Waals surface area (Å²) >= 11 is 0. The molecule has 0 saturated carbocycles. The number of nitrogens with two attached hydrogens (primary N) is 1. The minimum absolute atomic E-state index is 0.191. The van der Waals surface area contributed by atoms with E-state index in [1.165, 1.54) is 19.3 Å². The lowest BCUT2D eigenvalue weighted by Gasteiger charge is -2.25. The molecule has 3 N–H and O–H groups in total. The Kier molecular flexibility index (Phi) is 6.52. The van der Waals surface area contributed by atoms with Gasteiger partial charge in [-0.3, -0.25) is 4.79 Å². The molecular formula is C13H27N3O. The van der Waals surface area contributed by atoms with E-state index in [-0.39, 0.29) is 11.9 Å². The molecular weight excluding hydrogens is 214 g/mol. The van der Waals surface area contributed by atoms with Gasteiger partial charge in [-0.25, -0.2) is 0 Å². The molecule has 1 heterocycles. The number of amides is 1. The molecule has 0 aromatic rings. The van der Waals surface area contributed by atoms with Crippen LogP contribution in [0.1, 0.15) is 39.5 Å². The second kappa shape index (κ2) is 7.67. The molecule has 17 heavy (non-hydrogen) atoms. The zero-order chi connectivity index (χ0) is 12.7. The van der Waals surface area contributed by atoms with E-state index in [0.717, 1.165) is 38.5 Å². The number of primary amides is 1. The molecule has 1 saturated heterocycles. The smallest absolute Gasteiger partial charge is 0.235 e. The topological polar surface area (TPSA) is 58.4 Å². The molecule has 0 aromatic carbocycles. The Morgan fingerprint density at radius 1 is 1.47 bits per heavy atom. The van der Waals surface area contributed by atoms with E-state index in [0.29, 0.717) is 0 Å². The van der Waals surface area contributed by atoms with Gasteiger partial charge in [0.05, 0.1) is 6.04 Å². The number of nitrogens with one attached hydrogen (secondary N) is 1. The highest BCUT2D eigenvalue weighted by Crippen LogP contribution is 2.16. The normalized spacial score (nSPS) is 24.2. The van der Waals surface area contributed by atoms with Crippen LogP contribution in [0, 0.1) is 5.92 Å². The maximum atomic E-state index is 11.4. The van der Waals surface area contributed by atoms with Crippen LogP contribution in [-0.2, 0) is 4.79 Å². The maximum Gasteiger partial charge on any atom is 0.235 e. The van der Waals surface area contributed by atoms with Gasteiger partial charge >= 0.3 is 0 Å². The van der Waals surface area contributed by atoms with Gasteiger partial charge in [0.25, 0.3) is 0 Å². The molecule has 1 amide bonds. The van der Waals surface area contributed by atoms with Crippen LogP contribution in [0.15, 0.2) is 0 Å². The Balaban J connectivity index is 2.39. The van der Waals surface area contributed by atoms with Crippen molar-refractivity contribution in [2.75, 3.05) is 26.2 Å². The van der Waals surface area contributed by atoms with Crippen molar-refractivity contribution in [3.63, 3.8) is 0 Å². The van der Waals surface area contributed by atoms with Crippen LogP contribution < -0.4 is 11.1 Å². The summed E-state index contributed by atoms with van der Waals surface area (Å²) in [7, 11) is 0. The van der Waals surface area contributed by atoms with E-state index in [1.54, 1.807) is 0 Å². The van der Waals surface area contributed by atoms with E-state index in [1.807, 2.05) is 0 Å². The molecule has 0 aliphatic carbocycles. The minimum Gasteiger partial charge on any atom is -0.368 e. The lowest BCUT2D eigenvalue weighted by molar-refractivity contribution is -0.120. The van der Waals surface area contributed by atoms with Crippen LogP contribution >= 0.6 is 0 Å². The number of hydrogen-bond donors (Lipinski definition) is 2. The SMILES string of the molecule is CCCNC(CN1CCCC(C)CC1)C(N)=O. The summed E-state index contributed by atoms with van der Waals surface area (Å²) in [6, 6.07) is -0.191. The Morgan fingerprint density at radius 2 is 2.24 bits per heavy atom. The molecule has 0 spiro atoms.